The fourth-order valence-electron chi connectivity index (χ4n) is 3.51. The van der Waals surface area contributed by atoms with Gasteiger partial charge in [-0.15, -0.1) is 10.2 Å². The van der Waals surface area contributed by atoms with E-state index in [0.717, 1.165) is 10.2 Å². The molecule has 0 atom stereocenters. The number of hydrogen-bond donors (Lipinski definition) is 3. The summed E-state index contributed by atoms with van der Waals surface area (Å²) in [7, 11) is 1.56. The molecule has 0 unspecified atom stereocenters. The summed E-state index contributed by atoms with van der Waals surface area (Å²) < 4.78 is 8.10. The molecular weight excluding hydrogens is 502 g/mol. The number of rotatable bonds is 8. The van der Waals surface area contributed by atoms with E-state index in [1.807, 2.05) is 36.4 Å². The molecule has 0 bridgehead atoms. The van der Waals surface area contributed by atoms with Gasteiger partial charge < -0.3 is 15.0 Å². The molecule has 0 aliphatic rings. The first-order valence-electron chi connectivity index (χ1n) is 10.7. The number of anilines is 1. The van der Waals surface area contributed by atoms with Gasteiger partial charge >= 0.3 is 5.69 Å². The Morgan fingerprint density at radius 1 is 1.11 bits per heavy atom. The monoisotopic (exact) mass is 521 g/mol. The van der Waals surface area contributed by atoms with Crippen LogP contribution in [0.5, 0.6) is 5.75 Å². The second-order valence-corrected chi connectivity index (χ2v) is 9.52. The molecule has 0 radical (unpaired) electrons. The van der Waals surface area contributed by atoms with Gasteiger partial charge in [-0.3, -0.25) is 19.1 Å². The van der Waals surface area contributed by atoms with Crippen LogP contribution in [0.4, 0.5) is 5.13 Å². The Labute approximate surface area is 211 Å². The van der Waals surface area contributed by atoms with Crippen LogP contribution in [0.25, 0.3) is 15.9 Å². The largest absolute Gasteiger partial charge is 0.497 e. The van der Waals surface area contributed by atoms with E-state index in [9.17, 15) is 14.4 Å². The minimum Gasteiger partial charge on any atom is -0.497 e. The average Bonchev–Trinajstić information content (AvgIpc) is 3.45. The number of amides is 1. The number of aromatic nitrogens is 6. The smallest absolute Gasteiger partial charge is 0.325 e. The molecule has 0 saturated heterocycles. The molecule has 5 rings (SSSR count). The van der Waals surface area contributed by atoms with Crippen molar-refractivity contribution in [1.29, 1.82) is 0 Å². The van der Waals surface area contributed by atoms with Crippen LogP contribution in [0.15, 0.2) is 69.3 Å². The van der Waals surface area contributed by atoms with Gasteiger partial charge in [0.1, 0.15) is 11.6 Å². The molecule has 3 N–H and O–H groups in total. The number of carbonyl (C=O) groups is 1. The predicted octanol–water partition coefficient (Wildman–Crippen LogP) is 2.58. The molecule has 13 heteroatoms. The molecule has 0 fully saturated rings. The Morgan fingerprint density at radius 2 is 1.97 bits per heavy atom. The number of carbonyl (C=O) groups excluding carboxylic acids is 1. The van der Waals surface area contributed by atoms with Gasteiger partial charge in [-0.1, -0.05) is 41.3 Å². The minimum atomic E-state index is -0.605. The second kappa shape index (κ2) is 10.2. The zero-order chi connectivity index (χ0) is 25.1. The Kier molecular flexibility index (Phi) is 6.64. The van der Waals surface area contributed by atoms with Gasteiger partial charge in [-0.2, -0.15) is 0 Å². The number of hydrogen-bond acceptors (Lipinski definition) is 9. The highest BCUT2D eigenvalue weighted by atomic mass is 32.2. The minimum absolute atomic E-state index is 0.0693. The van der Waals surface area contributed by atoms with Gasteiger partial charge in [-0.25, -0.2) is 9.78 Å². The summed E-state index contributed by atoms with van der Waals surface area (Å²) >= 11 is 2.60. The maximum absolute atomic E-state index is 12.7. The van der Waals surface area contributed by atoms with Gasteiger partial charge in [0.15, 0.2) is 10.3 Å². The van der Waals surface area contributed by atoms with Crippen molar-refractivity contribution in [1.82, 2.24) is 29.7 Å². The molecule has 0 saturated carbocycles. The first-order chi connectivity index (χ1) is 17.5. The Bertz CT molecular complexity index is 1610. The standard InChI is InChI=1S/C23H19N7O4S2/c1-34-15-6-4-5-14(11-15)30-18(9-13-10-19(31)26-21(33)24-13)28-29-23(30)35-12-20(32)27-22-25-16-7-2-3-8-17(16)36-22/h2-8,10-11H,9,12H2,1H3,(H,25,27,32)(H2,24,26,31,33). The van der Waals surface area contributed by atoms with Gasteiger partial charge in [0, 0.05) is 24.2 Å². The van der Waals surface area contributed by atoms with Crippen LogP contribution in [0.2, 0.25) is 0 Å². The maximum Gasteiger partial charge on any atom is 0.325 e. The Hall–Kier alpha value is -4.23. The first-order valence-corrected chi connectivity index (χ1v) is 12.5. The van der Waals surface area contributed by atoms with E-state index in [1.54, 1.807) is 23.8 Å². The van der Waals surface area contributed by atoms with E-state index in [0.29, 0.717) is 33.2 Å². The van der Waals surface area contributed by atoms with Crippen LogP contribution in [0, 0.1) is 0 Å². The van der Waals surface area contributed by atoms with E-state index in [-0.39, 0.29) is 18.1 Å². The molecule has 0 aliphatic heterocycles. The van der Waals surface area contributed by atoms with Crippen molar-refractivity contribution in [2.45, 2.75) is 11.6 Å². The number of methoxy groups -OCH3 is 1. The molecule has 182 valence electrons. The van der Waals surface area contributed by atoms with E-state index in [4.69, 9.17) is 4.74 Å². The number of aromatic amines is 2. The number of ether oxygens (including phenoxy) is 1. The van der Waals surface area contributed by atoms with Gasteiger partial charge in [-0.05, 0) is 24.3 Å². The molecule has 0 aliphatic carbocycles. The van der Waals surface area contributed by atoms with Gasteiger partial charge in [0.2, 0.25) is 5.91 Å². The first kappa shape index (κ1) is 23.5. The fourth-order valence-corrected chi connectivity index (χ4v) is 5.17. The van der Waals surface area contributed by atoms with Crippen LogP contribution < -0.4 is 21.3 Å². The van der Waals surface area contributed by atoms with Crippen molar-refractivity contribution in [2.24, 2.45) is 0 Å². The lowest BCUT2D eigenvalue weighted by atomic mass is 10.2. The summed E-state index contributed by atoms with van der Waals surface area (Å²) in [6, 6.07) is 16.2. The van der Waals surface area contributed by atoms with Crippen LogP contribution in [-0.4, -0.2) is 48.5 Å². The van der Waals surface area contributed by atoms with Crippen LogP contribution in [0.3, 0.4) is 0 Å². The number of fused-ring (bicyclic) bond motifs is 1. The number of nitrogens with zero attached hydrogens (tertiary/aromatic N) is 4. The summed E-state index contributed by atoms with van der Waals surface area (Å²) in [4.78, 5) is 45.3. The topological polar surface area (TPSA) is 148 Å². The average molecular weight is 522 g/mol. The zero-order valence-electron chi connectivity index (χ0n) is 18.8. The summed E-state index contributed by atoms with van der Waals surface area (Å²) in [5.41, 5.74) is 0.792. The molecule has 3 aromatic heterocycles. The van der Waals surface area contributed by atoms with Crippen molar-refractivity contribution in [3.63, 3.8) is 0 Å². The molecular formula is C23H19N7O4S2. The maximum atomic E-state index is 12.7. The summed E-state index contributed by atoms with van der Waals surface area (Å²) in [6.45, 7) is 0. The number of benzene rings is 2. The van der Waals surface area contributed by atoms with Gasteiger partial charge in [0.25, 0.3) is 5.56 Å². The lowest BCUT2D eigenvalue weighted by Crippen LogP contribution is -2.23. The highest BCUT2D eigenvalue weighted by Gasteiger charge is 2.18. The van der Waals surface area contributed by atoms with Crippen molar-refractivity contribution in [3.8, 4) is 11.4 Å². The third kappa shape index (κ3) is 5.21. The number of thiazole rings is 1. The molecule has 0 spiro atoms. The highest BCUT2D eigenvalue weighted by molar-refractivity contribution is 7.99. The summed E-state index contributed by atoms with van der Waals surface area (Å²) in [6.07, 6.45) is 0.141. The number of nitrogens with one attached hydrogen (secondary N) is 3. The lowest BCUT2D eigenvalue weighted by Gasteiger charge is -2.11. The van der Waals surface area contributed by atoms with E-state index in [1.165, 1.54) is 29.2 Å². The van der Waals surface area contributed by atoms with Crippen molar-refractivity contribution in [2.75, 3.05) is 18.2 Å². The summed E-state index contributed by atoms with van der Waals surface area (Å²) in [5.74, 6) is 0.930. The third-order valence-corrected chi connectivity index (χ3v) is 6.93. The predicted molar refractivity (Wildman–Crippen MR) is 137 cm³/mol. The molecule has 3 heterocycles. The number of thioether (sulfide) groups is 1. The molecule has 11 nitrogen and oxygen atoms in total. The number of para-hydroxylation sites is 1. The molecule has 1 amide bonds. The van der Waals surface area contributed by atoms with Crippen LogP contribution >= 0.6 is 23.1 Å². The lowest BCUT2D eigenvalue weighted by molar-refractivity contribution is -0.113. The van der Waals surface area contributed by atoms with E-state index in [2.05, 4.69) is 30.5 Å². The Balaban J connectivity index is 1.40. The Morgan fingerprint density at radius 3 is 2.78 bits per heavy atom. The van der Waals surface area contributed by atoms with E-state index >= 15 is 0 Å². The van der Waals surface area contributed by atoms with Crippen LogP contribution in [-0.2, 0) is 11.2 Å². The fraction of sp³-hybridized carbons (Fsp3) is 0.130. The normalized spacial score (nSPS) is 11.0. The number of H-pyrrole nitrogens is 2. The third-order valence-electron chi connectivity index (χ3n) is 5.05. The molecule has 36 heavy (non-hydrogen) atoms. The zero-order valence-corrected chi connectivity index (χ0v) is 20.5. The van der Waals surface area contributed by atoms with Crippen molar-refractivity contribution in [3.05, 3.63) is 87.0 Å². The van der Waals surface area contributed by atoms with Gasteiger partial charge in [0.05, 0.1) is 28.8 Å². The van der Waals surface area contributed by atoms with Crippen molar-refractivity contribution < 1.29 is 9.53 Å². The quantitative estimate of drug-likeness (QED) is 0.264. The SMILES string of the molecule is COc1cccc(-n2c(Cc3cc(=O)[nH]c(=O)[nH]3)nnc2SCC(=O)Nc2nc3ccccc3s2)c1. The van der Waals surface area contributed by atoms with Crippen LogP contribution in [0.1, 0.15) is 11.5 Å². The summed E-state index contributed by atoms with van der Waals surface area (Å²) in [5, 5.41) is 12.4. The highest BCUT2D eigenvalue weighted by Crippen LogP contribution is 2.27. The second-order valence-electron chi connectivity index (χ2n) is 7.55. The molecule has 2 aromatic carbocycles. The van der Waals surface area contributed by atoms with Crippen molar-refractivity contribution >= 4 is 44.4 Å². The molecule has 5 aromatic rings. The van der Waals surface area contributed by atoms with E-state index < -0.39 is 11.2 Å².